The average Bonchev–Trinajstić information content (AvgIpc) is 3.85. The van der Waals surface area contributed by atoms with Crippen LogP contribution in [0.3, 0.4) is 0 Å². The van der Waals surface area contributed by atoms with E-state index >= 15 is 0 Å². The summed E-state index contributed by atoms with van der Waals surface area (Å²) in [6.45, 7) is 15.2. The van der Waals surface area contributed by atoms with Gasteiger partial charge in [-0.2, -0.15) is 0 Å². The van der Waals surface area contributed by atoms with E-state index in [2.05, 4.69) is 199 Å². The molecule has 0 nitrogen and oxygen atoms in total. The number of hydrogen-bond donors (Lipinski definition) is 0. The second-order valence-corrected chi connectivity index (χ2v) is 35.1. The van der Waals surface area contributed by atoms with Crippen LogP contribution < -0.4 is 24.8 Å². The van der Waals surface area contributed by atoms with E-state index in [9.17, 15) is 0 Å². The predicted molar refractivity (Wildman–Crippen MR) is 252 cm³/mol. The van der Waals surface area contributed by atoms with Crippen LogP contribution in [0.4, 0.5) is 0 Å². The summed E-state index contributed by atoms with van der Waals surface area (Å²) in [5.41, 5.74) is 14.6. The SMILES string of the molecule is CCC(C)C1=Cc2c(-c3cc4ccccc4c4ccccc34)cccc2[CH]1[Zr+2]([CH]1C(C(C)CC)=Cc2c(-c3cc4ccccc4c4ccccc34)cccc21)=[Si](C)C.[Cl-].[Cl-]. The first-order valence-corrected chi connectivity index (χ1v) is 30.6. The van der Waals surface area contributed by atoms with Gasteiger partial charge in [0, 0.05) is 0 Å². The largest absolute Gasteiger partial charge is 1.00 e. The van der Waals surface area contributed by atoms with Crippen LogP contribution in [-0.2, 0) is 20.4 Å². The Labute approximate surface area is 376 Å². The zero-order chi connectivity index (χ0) is 39.7. The molecular formula is C56H52Cl2SiZr. The molecule has 0 heterocycles. The van der Waals surface area contributed by atoms with Crippen LogP contribution in [0, 0.1) is 11.8 Å². The standard InChI is InChI=1S/2C27H23.C2H6Si.2ClH.Zr/c2*1-3-18(2)21-15-19-10-8-14-25(26(19)17-21)27-16-20-9-4-5-11-22(20)23-12-6-7-13-24(23)27;1-3-2;;;/h2*4-18H,3H2,1-2H3;1-2H3;2*1H;/q;;;;;+2/p-2. The quantitative estimate of drug-likeness (QED) is 0.105. The maximum atomic E-state index is 2.71. The first-order valence-electron chi connectivity index (χ1n) is 21.6. The van der Waals surface area contributed by atoms with Crippen LogP contribution in [0.1, 0.15) is 70.0 Å². The third kappa shape index (κ3) is 6.91. The Bertz CT molecular complexity index is 2860. The molecule has 0 spiro atoms. The fraction of sp³-hybridized carbons (Fsp3) is 0.214. The zero-order valence-corrected chi connectivity index (χ0v) is 40.5. The molecule has 0 bridgehead atoms. The maximum absolute atomic E-state index is 2.71. The van der Waals surface area contributed by atoms with E-state index in [-0.39, 0.29) is 24.8 Å². The van der Waals surface area contributed by atoms with Gasteiger partial charge in [-0.05, 0) is 0 Å². The minimum Gasteiger partial charge on any atom is -1.00 e. The molecule has 2 aliphatic carbocycles. The minimum absolute atomic E-state index is 0. The van der Waals surface area contributed by atoms with E-state index in [1.165, 1.54) is 89.3 Å². The summed E-state index contributed by atoms with van der Waals surface area (Å²) in [6.07, 6.45) is 7.76. The van der Waals surface area contributed by atoms with Crippen LogP contribution in [0.15, 0.2) is 157 Å². The fourth-order valence-corrected chi connectivity index (χ4v) is 31.4. The fourth-order valence-electron chi connectivity index (χ4n) is 10.6. The van der Waals surface area contributed by atoms with Gasteiger partial charge in [-0.3, -0.25) is 0 Å². The number of rotatable bonds is 8. The summed E-state index contributed by atoms with van der Waals surface area (Å²) in [5.74, 6) is 1.09. The molecule has 0 saturated heterocycles. The monoisotopic (exact) mass is 912 g/mol. The van der Waals surface area contributed by atoms with E-state index < -0.39 is 25.8 Å². The Balaban J connectivity index is 0.00000249. The summed E-state index contributed by atoms with van der Waals surface area (Å²) >= 11 is -2.45. The number of fused-ring (bicyclic) bond motifs is 8. The molecule has 0 aromatic heterocycles. The van der Waals surface area contributed by atoms with Crippen molar-refractivity contribution in [1.29, 1.82) is 0 Å². The van der Waals surface area contributed by atoms with Gasteiger partial charge < -0.3 is 24.8 Å². The van der Waals surface area contributed by atoms with Crippen molar-refractivity contribution in [3.05, 3.63) is 179 Å². The topological polar surface area (TPSA) is 0 Å². The molecule has 0 N–H and O–H groups in total. The van der Waals surface area contributed by atoms with Crippen LogP contribution >= 0.6 is 0 Å². The summed E-state index contributed by atoms with van der Waals surface area (Å²) in [5, 5.41) is 10.7. The summed E-state index contributed by atoms with van der Waals surface area (Å²) in [6, 6.07) is 55.7. The zero-order valence-electron chi connectivity index (χ0n) is 35.5. The van der Waals surface area contributed by atoms with Crippen LogP contribution in [0.5, 0.6) is 0 Å². The molecule has 0 amide bonds. The van der Waals surface area contributed by atoms with Crippen molar-refractivity contribution in [1.82, 2.24) is 0 Å². The molecule has 4 unspecified atom stereocenters. The van der Waals surface area contributed by atoms with Crippen LogP contribution in [0.2, 0.25) is 13.1 Å². The maximum Gasteiger partial charge on any atom is -1.00 e. The Kier molecular flexibility index (Phi) is 12.4. The molecule has 298 valence electrons. The molecule has 0 radical (unpaired) electrons. The van der Waals surface area contributed by atoms with Gasteiger partial charge in [0.1, 0.15) is 0 Å². The number of benzene rings is 8. The molecule has 2 aliphatic rings. The molecule has 0 aliphatic heterocycles. The normalized spacial score (nSPS) is 16.3. The first-order chi connectivity index (χ1) is 28.4. The van der Waals surface area contributed by atoms with Gasteiger partial charge in [-0.25, -0.2) is 0 Å². The molecule has 8 aromatic carbocycles. The van der Waals surface area contributed by atoms with Crippen LogP contribution in [0.25, 0.3) is 77.5 Å². The van der Waals surface area contributed by atoms with Crippen molar-refractivity contribution in [2.45, 2.75) is 60.9 Å². The summed E-state index contributed by atoms with van der Waals surface area (Å²) < 4.78 is 1.13. The Morgan fingerprint density at radius 3 is 1.20 bits per heavy atom. The van der Waals surface area contributed by atoms with Crippen molar-refractivity contribution >= 4 is 60.7 Å². The third-order valence-electron chi connectivity index (χ3n) is 13.9. The summed E-state index contributed by atoms with van der Waals surface area (Å²) in [7, 11) is 0. The van der Waals surface area contributed by atoms with Crippen molar-refractivity contribution in [3.63, 3.8) is 0 Å². The molecule has 4 heteroatoms. The van der Waals surface area contributed by atoms with E-state index in [1.54, 1.807) is 22.3 Å². The van der Waals surface area contributed by atoms with Gasteiger partial charge in [-0.15, -0.1) is 0 Å². The van der Waals surface area contributed by atoms with Gasteiger partial charge >= 0.3 is 355 Å². The van der Waals surface area contributed by atoms with Gasteiger partial charge in [0.15, 0.2) is 0 Å². The molecule has 10 rings (SSSR count). The molecule has 4 atom stereocenters. The van der Waals surface area contributed by atoms with Gasteiger partial charge in [0.2, 0.25) is 0 Å². The average molecular weight is 915 g/mol. The van der Waals surface area contributed by atoms with Gasteiger partial charge in [0.05, 0.1) is 0 Å². The van der Waals surface area contributed by atoms with Gasteiger partial charge in [0.25, 0.3) is 0 Å². The minimum atomic E-state index is -2.45. The number of allylic oxidation sites excluding steroid dienone is 2. The Morgan fingerprint density at radius 2 is 0.817 bits per heavy atom. The predicted octanol–water partition coefficient (Wildman–Crippen LogP) is 10.2. The molecule has 8 aromatic rings. The van der Waals surface area contributed by atoms with Crippen molar-refractivity contribution < 1.29 is 45.2 Å². The smallest absolute Gasteiger partial charge is 1.00 e. The Morgan fingerprint density at radius 1 is 0.450 bits per heavy atom. The third-order valence-corrected chi connectivity index (χ3v) is 33.2. The molecular weight excluding hydrogens is 863 g/mol. The second-order valence-electron chi connectivity index (χ2n) is 17.2. The van der Waals surface area contributed by atoms with Crippen LogP contribution in [-0.4, -0.2) is 5.43 Å². The van der Waals surface area contributed by atoms with Crippen molar-refractivity contribution in [2.75, 3.05) is 0 Å². The first kappa shape index (κ1) is 42.6. The molecule has 0 fully saturated rings. The summed E-state index contributed by atoms with van der Waals surface area (Å²) in [4.78, 5) is 0. The van der Waals surface area contributed by atoms with Crippen molar-refractivity contribution in [2.24, 2.45) is 11.8 Å². The van der Waals surface area contributed by atoms with Crippen molar-refractivity contribution in [3.8, 4) is 22.3 Å². The van der Waals surface area contributed by atoms with Gasteiger partial charge in [-0.1, -0.05) is 0 Å². The van der Waals surface area contributed by atoms with E-state index in [0.717, 1.165) is 0 Å². The molecule has 0 saturated carbocycles. The number of halogens is 2. The second kappa shape index (κ2) is 17.4. The van der Waals surface area contributed by atoms with E-state index in [0.29, 0.717) is 19.1 Å². The van der Waals surface area contributed by atoms with E-state index in [4.69, 9.17) is 0 Å². The number of hydrogen-bond acceptors (Lipinski definition) is 0. The molecule has 60 heavy (non-hydrogen) atoms. The van der Waals surface area contributed by atoms with E-state index in [1.807, 2.05) is 0 Å². The Hall–Kier alpha value is -4.04.